The molecule has 2 nitrogen and oxygen atoms in total. The highest BCUT2D eigenvalue weighted by Crippen LogP contribution is 2.35. The molecular weight excluding hydrogens is 208 g/mol. The van der Waals surface area contributed by atoms with E-state index in [0.717, 1.165) is 24.9 Å². The van der Waals surface area contributed by atoms with Gasteiger partial charge in [0.25, 0.3) is 0 Å². The van der Waals surface area contributed by atoms with Crippen molar-refractivity contribution in [3.05, 3.63) is 0 Å². The Bertz CT molecular complexity index is 275. The van der Waals surface area contributed by atoms with Crippen LogP contribution in [0.3, 0.4) is 0 Å². The Hall–Kier alpha value is -0.550. The summed E-state index contributed by atoms with van der Waals surface area (Å²) in [5.74, 6) is 1.09. The van der Waals surface area contributed by atoms with Gasteiger partial charge in [-0.15, -0.1) is 0 Å². The van der Waals surface area contributed by atoms with Crippen molar-refractivity contribution in [2.45, 2.75) is 70.9 Å². The van der Waals surface area contributed by atoms with Crippen molar-refractivity contribution in [1.82, 2.24) is 4.90 Å². The zero-order valence-corrected chi connectivity index (χ0v) is 11.4. The van der Waals surface area contributed by atoms with Crippen molar-refractivity contribution in [1.29, 1.82) is 5.26 Å². The van der Waals surface area contributed by atoms with Gasteiger partial charge in [0.05, 0.1) is 12.0 Å². The van der Waals surface area contributed by atoms with Crippen LogP contribution in [0, 0.1) is 23.2 Å². The maximum absolute atomic E-state index is 9.36. The van der Waals surface area contributed by atoms with E-state index in [4.69, 9.17) is 0 Å². The maximum Gasteiger partial charge on any atom is 0.0672 e. The Kier molecular flexibility index (Phi) is 4.45. The fraction of sp³-hybridized carbons (Fsp3) is 0.933. The highest BCUT2D eigenvalue weighted by Gasteiger charge is 2.36. The van der Waals surface area contributed by atoms with Gasteiger partial charge in [-0.3, -0.25) is 4.90 Å². The Morgan fingerprint density at radius 2 is 1.88 bits per heavy atom. The third-order valence-electron chi connectivity index (χ3n) is 4.83. The van der Waals surface area contributed by atoms with E-state index >= 15 is 0 Å². The van der Waals surface area contributed by atoms with Crippen molar-refractivity contribution >= 4 is 0 Å². The van der Waals surface area contributed by atoms with Crippen molar-refractivity contribution in [2.24, 2.45) is 11.8 Å². The first-order chi connectivity index (χ1) is 8.26. The van der Waals surface area contributed by atoms with Crippen molar-refractivity contribution in [3.8, 4) is 6.07 Å². The van der Waals surface area contributed by atoms with E-state index in [1.54, 1.807) is 0 Å². The SMILES string of the molecule is CCN(C1CCCC1)C1CC(C)CCC1C#N. The number of nitrogens with zero attached hydrogens (tertiary/aromatic N) is 2. The van der Waals surface area contributed by atoms with Crippen LogP contribution >= 0.6 is 0 Å². The Morgan fingerprint density at radius 3 is 2.47 bits per heavy atom. The quantitative estimate of drug-likeness (QED) is 0.746. The molecule has 0 saturated heterocycles. The highest BCUT2D eigenvalue weighted by atomic mass is 15.2. The van der Waals surface area contributed by atoms with Crippen LogP contribution in [-0.2, 0) is 0 Å². The van der Waals surface area contributed by atoms with Crippen LogP contribution in [0.2, 0.25) is 0 Å². The molecule has 96 valence electrons. The van der Waals surface area contributed by atoms with Gasteiger partial charge in [0.15, 0.2) is 0 Å². The minimum Gasteiger partial charge on any atom is -0.296 e. The average molecular weight is 234 g/mol. The van der Waals surface area contributed by atoms with E-state index in [-0.39, 0.29) is 5.92 Å². The third-order valence-corrected chi connectivity index (χ3v) is 4.83. The lowest BCUT2D eigenvalue weighted by molar-refractivity contribution is 0.0720. The highest BCUT2D eigenvalue weighted by molar-refractivity contribution is 4.98. The van der Waals surface area contributed by atoms with Gasteiger partial charge >= 0.3 is 0 Å². The van der Waals surface area contributed by atoms with E-state index in [2.05, 4.69) is 24.8 Å². The van der Waals surface area contributed by atoms with Gasteiger partial charge in [0.1, 0.15) is 0 Å². The third kappa shape index (κ3) is 2.83. The Balaban J connectivity index is 2.07. The lowest BCUT2D eigenvalue weighted by atomic mass is 9.78. The molecule has 0 amide bonds. The summed E-state index contributed by atoms with van der Waals surface area (Å²) in [7, 11) is 0. The molecule has 3 unspecified atom stereocenters. The Labute approximate surface area is 106 Å². The molecule has 2 heteroatoms. The fourth-order valence-corrected chi connectivity index (χ4v) is 3.87. The summed E-state index contributed by atoms with van der Waals surface area (Å²) in [5, 5.41) is 9.36. The topological polar surface area (TPSA) is 27.0 Å². The second kappa shape index (κ2) is 5.87. The predicted molar refractivity (Wildman–Crippen MR) is 70.5 cm³/mol. The summed E-state index contributed by atoms with van der Waals surface area (Å²) in [6, 6.07) is 3.88. The van der Waals surface area contributed by atoms with Gasteiger partial charge in [-0.1, -0.05) is 26.7 Å². The van der Waals surface area contributed by atoms with Gasteiger partial charge in [-0.05, 0) is 44.6 Å². The van der Waals surface area contributed by atoms with Crippen molar-refractivity contribution in [3.63, 3.8) is 0 Å². The number of nitriles is 1. The summed E-state index contributed by atoms with van der Waals surface area (Å²) >= 11 is 0. The molecule has 0 spiro atoms. The summed E-state index contributed by atoms with van der Waals surface area (Å²) < 4.78 is 0. The van der Waals surface area contributed by atoms with Gasteiger partial charge < -0.3 is 0 Å². The number of hydrogen-bond acceptors (Lipinski definition) is 2. The molecule has 2 aliphatic rings. The molecule has 0 aromatic heterocycles. The van der Waals surface area contributed by atoms with E-state index < -0.39 is 0 Å². The van der Waals surface area contributed by atoms with Crippen molar-refractivity contribution in [2.75, 3.05) is 6.54 Å². The summed E-state index contributed by atoms with van der Waals surface area (Å²) in [5.41, 5.74) is 0. The standard InChI is InChI=1S/C15H26N2/c1-3-17(14-6-4-5-7-14)15-10-12(2)8-9-13(15)11-16/h12-15H,3-10H2,1-2H3. The molecule has 0 bridgehead atoms. The van der Waals surface area contributed by atoms with Crippen LogP contribution in [0.15, 0.2) is 0 Å². The minimum atomic E-state index is 0.284. The van der Waals surface area contributed by atoms with Gasteiger partial charge in [0.2, 0.25) is 0 Å². The monoisotopic (exact) mass is 234 g/mol. The molecule has 3 atom stereocenters. The molecule has 0 aliphatic heterocycles. The van der Waals surface area contributed by atoms with E-state index in [9.17, 15) is 5.26 Å². The largest absolute Gasteiger partial charge is 0.296 e. The van der Waals surface area contributed by atoms with Crippen LogP contribution in [0.4, 0.5) is 0 Å². The van der Waals surface area contributed by atoms with Crippen LogP contribution in [0.1, 0.15) is 58.8 Å². The summed E-state index contributed by atoms with van der Waals surface area (Å²) in [6.07, 6.45) is 9.10. The minimum absolute atomic E-state index is 0.284. The normalized spacial score (nSPS) is 35.1. The Morgan fingerprint density at radius 1 is 1.18 bits per heavy atom. The van der Waals surface area contributed by atoms with Crippen LogP contribution in [-0.4, -0.2) is 23.5 Å². The lowest BCUT2D eigenvalue weighted by Crippen LogP contribution is -2.48. The maximum atomic E-state index is 9.36. The second-order valence-electron chi connectivity index (χ2n) is 5.99. The van der Waals surface area contributed by atoms with E-state index in [1.807, 2.05) is 0 Å². The fourth-order valence-electron chi connectivity index (χ4n) is 3.87. The molecule has 0 heterocycles. The first-order valence-corrected chi connectivity index (χ1v) is 7.41. The number of rotatable bonds is 3. The first kappa shape index (κ1) is 12.9. The molecule has 0 aromatic rings. The molecule has 2 aliphatic carbocycles. The average Bonchev–Trinajstić information content (AvgIpc) is 2.84. The molecule has 2 fully saturated rings. The zero-order chi connectivity index (χ0) is 12.3. The molecule has 17 heavy (non-hydrogen) atoms. The van der Waals surface area contributed by atoms with Crippen molar-refractivity contribution < 1.29 is 0 Å². The number of hydrogen-bond donors (Lipinski definition) is 0. The smallest absolute Gasteiger partial charge is 0.0672 e. The predicted octanol–water partition coefficient (Wildman–Crippen LogP) is 3.58. The molecule has 0 N–H and O–H groups in total. The molecule has 2 rings (SSSR count). The molecular formula is C15H26N2. The summed E-state index contributed by atoms with van der Waals surface area (Å²) in [6.45, 7) is 5.75. The van der Waals surface area contributed by atoms with Crippen LogP contribution < -0.4 is 0 Å². The van der Waals surface area contributed by atoms with E-state index in [1.165, 1.54) is 38.5 Å². The van der Waals surface area contributed by atoms with Gasteiger partial charge in [0, 0.05) is 12.1 Å². The van der Waals surface area contributed by atoms with Gasteiger partial charge in [-0.25, -0.2) is 0 Å². The second-order valence-corrected chi connectivity index (χ2v) is 5.99. The van der Waals surface area contributed by atoms with E-state index in [0.29, 0.717) is 6.04 Å². The molecule has 0 radical (unpaired) electrons. The molecule has 2 saturated carbocycles. The van der Waals surface area contributed by atoms with Crippen LogP contribution in [0.25, 0.3) is 0 Å². The lowest BCUT2D eigenvalue weighted by Gasteiger charge is -2.42. The first-order valence-electron chi connectivity index (χ1n) is 7.41. The van der Waals surface area contributed by atoms with Crippen LogP contribution in [0.5, 0.6) is 0 Å². The zero-order valence-electron chi connectivity index (χ0n) is 11.4. The molecule has 0 aromatic carbocycles. The van der Waals surface area contributed by atoms with Gasteiger partial charge in [-0.2, -0.15) is 5.26 Å². The summed E-state index contributed by atoms with van der Waals surface area (Å²) in [4.78, 5) is 2.66.